The first-order valence-electron chi connectivity index (χ1n) is 11.4. The molecule has 0 aliphatic rings. The third-order valence-corrected chi connectivity index (χ3v) is 7.94. The van der Waals surface area contributed by atoms with Crippen molar-refractivity contribution in [3.8, 4) is 0 Å². The molecule has 0 unspecified atom stereocenters. The first-order chi connectivity index (χ1) is 17.8. The molecular formula is C25H22ClN7O2S2. The van der Waals surface area contributed by atoms with Crippen molar-refractivity contribution in [2.45, 2.75) is 30.5 Å². The van der Waals surface area contributed by atoms with Crippen LogP contribution in [0.25, 0.3) is 16.7 Å². The number of carbonyl (C=O) groups is 1. The van der Waals surface area contributed by atoms with Crippen molar-refractivity contribution in [3.05, 3.63) is 86.7 Å². The van der Waals surface area contributed by atoms with Gasteiger partial charge in [-0.15, -0.1) is 10.2 Å². The molecule has 5 rings (SSSR count). The summed E-state index contributed by atoms with van der Waals surface area (Å²) < 4.78 is 3.72. The Morgan fingerprint density at radius 2 is 1.97 bits per heavy atom. The van der Waals surface area contributed by atoms with Crippen LogP contribution in [0.5, 0.6) is 0 Å². The Kier molecular flexibility index (Phi) is 7.09. The van der Waals surface area contributed by atoms with Gasteiger partial charge in [0.2, 0.25) is 5.13 Å². The van der Waals surface area contributed by atoms with E-state index in [0.717, 1.165) is 5.56 Å². The topological polar surface area (TPSA) is 118 Å². The van der Waals surface area contributed by atoms with Gasteiger partial charge < -0.3 is 4.57 Å². The van der Waals surface area contributed by atoms with E-state index < -0.39 is 5.91 Å². The molecule has 12 heteroatoms. The Balaban J connectivity index is 1.47. The zero-order valence-electron chi connectivity index (χ0n) is 19.9. The van der Waals surface area contributed by atoms with Crippen molar-refractivity contribution in [1.82, 2.24) is 24.1 Å². The van der Waals surface area contributed by atoms with Gasteiger partial charge in [-0.05, 0) is 35.7 Å². The van der Waals surface area contributed by atoms with Gasteiger partial charge in [0.1, 0.15) is 16.8 Å². The van der Waals surface area contributed by atoms with E-state index in [4.69, 9.17) is 17.0 Å². The molecular weight excluding hydrogens is 530 g/mol. The Morgan fingerprint density at radius 3 is 2.76 bits per heavy atom. The minimum atomic E-state index is -0.541. The third-order valence-electron chi connectivity index (χ3n) is 5.55. The molecule has 0 fully saturated rings. The monoisotopic (exact) mass is 551 g/mol. The number of carbonyl (C=O) groups excluding carboxylic acids is 1. The molecule has 4 heterocycles. The van der Waals surface area contributed by atoms with Gasteiger partial charge >= 0.3 is 0 Å². The third kappa shape index (κ3) is 5.15. The average molecular weight is 552 g/mol. The Hall–Kier alpha value is -3.54. The summed E-state index contributed by atoms with van der Waals surface area (Å²) in [6, 6.07) is 14.3. The molecule has 4 aromatic heterocycles. The van der Waals surface area contributed by atoms with Gasteiger partial charge in [-0.1, -0.05) is 72.8 Å². The second-order valence-electron chi connectivity index (χ2n) is 8.70. The lowest BCUT2D eigenvalue weighted by molar-refractivity contribution is 0.102. The van der Waals surface area contributed by atoms with Gasteiger partial charge in [-0.2, -0.15) is 0 Å². The van der Waals surface area contributed by atoms with Crippen LogP contribution in [0.15, 0.2) is 63.9 Å². The van der Waals surface area contributed by atoms with Gasteiger partial charge in [0, 0.05) is 23.5 Å². The number of anilines is 1. The van der Waals surface area contributed by atoms with Crippen molar-refractivity contribution in [2.24, 2.45) is 5.92 Å². The molecule has 0 bridgehead atoms. The van der Waals surface area contributed by atoms with E-state index >= 15 is 0 Å². The van der Waals surface area contributed by atoms with E-state index in [0.29, 0.717) is 38.1 Å². The summed E-state index contributed by atoms with van der Waals surface area (Å²) in [5.41, 5.74) is 1.56. The van der Waals surface area contributed by atoms with Crippen molar-refractivity contribution in [3.63, 3.8) is 0 Å². The highest BCUT2D eigenvalue weighted by Crippen LogP contribution is 2.30. The Labute approximate surface area is 224 Å². The molecule has 0 atom stereocenters. The summed E-state index contributed by atoms with van der Waals surface area (Å²) in [6.07, 6.45) is 1.63. The summed E-state index contributed by atoms with van der Waals surface area (Å²) in [6.45, 7) is 4.43. The van der Waals surface area contributed by atoms with Crippen LogP contribution < -0.4 is 16.4 Å². The summed E-state index contributed by atoms with van der Waals surface area (Å²) in [5.74, 6) is 0.234. The van der Waals surface area contributed by atoms with Crippen LogP contribution in [0.3, 0.4) is 0 Å². The number of pyridine rings is 2. The van der Waals surface area contributed by atoms with Gasteiger partial charge in [0.15, 0.2) is 4.34 Å². The molecule has 0 aliphatic heterocycles. The SMILES string of the molecule is CC(C)Cn1c(=N)c(C(=O)Nc2nnc(SCc3ccccc3Cl)s2)cc2c(=O)n3ccccc3nc21. The maximum absolute atomic E-state index is 13.3. The molecule has 0 radical (unpaired) electrons. The number of aromatic nitrogens is 5. The molecule has 9 nitrogen and oxygen atoms in total. The first-order valence-corrected chi connectivity index (χ1v) is 13.6. The van der Waals surface area contributed by atoms with Crippen LogP contribution in [0.4, 0.5) is 5.13 Å². The van der Waals surface area contributed by atoms with Crippen LogP contribution in [0, 0.1) is 11.3 Å². The smallest absolute Gasteiger partial charge is 0.267 e. The fourth-order valence-corrected chi connectivity index (χ4v) is 5.87. The molecule has 2 N–H and O–H groups in total. The van der Waals surface area contributed by atoms with Crippen molar-refractivity contribution >= 4 is 62.4 Å². The van der Waals surface area contributed by atoms with Gasteiger partial charge in [-0.3, -0.25) is 24.7 Å². The Bertz CT molecular complexity index is 1760. The number of rotatable bonds is 7. The van der Waals surface area contributed by atoms with Crippen LogP contribution in [0.2, 0.25) is 5.02 Å². The molecule has 0 saturated heterocycles. The van der Waals surface area contributed by atoms with E-state index in [9.17, 15) is 9.59 Å². The normalized spacial score (nSPS) is 11.5. The fourth-order valence-electron chi connectivity index (χ4n) is 3.84. The van der Waals surface area contributed by atoms with Crippen molar-refractivity contribution in [2.75, 3.05) is 5.32 Å². The van der Waals surface area contributed by atoms with Gasteiger partial charge in [0.25, 0.3) is 11.5 Å². The highest BCUT2D eigenvalue weighted by molar-refractivity contribution is 8.00. The van der Waals surface area contributed by atoms with Gasteiger partial charge in [0.05, 0.1) is 10.9 Å². The number of halogens is 1. The molecule has 188 valence electrons. The lowest BCUT2D eigenvalue weighted by Gasteiger charge is -2.16. The highest BCUT2D eigenvalue weighted by Gasteiger charge is 2.19. The molecule has 37 heavy (non-hydrogen) atoms. The van der Waals surface area contributed by atoms with E-state index in [1.165, 1.54) is 33.6 Å². The fraction of sp³-hybridized carbons (Fsp3) is 0.200. The quantitative estimate of drug-likeness (QED) is 0.170. The zero-order chi connectivity index (χ0) is 26.1. The van der Waals surface area contributed by atoms with Crippen LogP contribution in [-0.4, -0.2) is 30.1 Å². The summed E-state index contributed by atoms with van der Waals surface area (Å²) in [7, 11) is 0. The number of nitrogens with zero attached hydrogens (tertiary/aromatic N) is 5. The van der Waals surface area contributed by atoms with Crippen molar-refractivity contribution in [1.29, 1.82) is 5.41 Å². The number of benzene rings is 1. The minimum absolute atomic E-state index is 0.0243. The number of fused-ring (bicyclic) bond motifs is 2. The summed E-state index contributed by atoms with van der Waals surface area (Å²) in [5, 5.41) is 21.0. The largest absolute Gasteiger partial charge is 0.310 e. The molecule has 1 amide bonds. The lowest BCUT2D eigenvalue weighted by atomic mass is 10.1. The predicted octanol–water partition coefficient (Wildman–Crippen LogP) is 4.83. The van der Waals surface area contributed by atoms with E-state index in [-0.39, 0.29) is 27.9 Å². The molecule has 0 aliphatic carbocycles. The highest BCUT2D eigenvalue weighted by atomic mass is 35.5. The maximum Gasteiger partial charge on any atom is 0.267 e. The number of hydrogen-bond donors (Lipinski definition) is 2. The van der Waals surface area contributed by atoms with E-state index in [2.05, 4.69) is 20.5 Å². The number of nitrogens with one attached hydrogen (secondary N) is 2. The second kappa shape index (κ2) is 10.4. The number of hydrogen-bond acceptors (Lipinski definition) is 8. The standard InChI is InChI=1S/C25H22ClN7O2S2/c1-14(2)12-33-20(27)16(11-17-21(33)28-19-9-5-6-10-32(19)23(17)35)22(34)29-24-30-31-25(37-24)36-13-15-7-3-4-8-18(15)26/h3-11,14,27H,12-13H2,1-2H3,(H,29,30,34). The predicted molar refractivity (Wildman–Crippen MR) is 147 cm³/mol. The lowest BCUT2D eigenvalue weighted by Crippen LogP contribution is -2.33. The van der Waals surface area contributed by atoms with Crippen LogP contribution in [0.1, 0.15) is 29.8 Å². The molecule has 0 saturated carbocycles. The average Bonchev–Trinajstić information content (AvgIpc) is 3.32. The number of thioether (sulfide) groups is 1. The number of amides is 1. The van der Waals surface area contributed by atoms with E-state index in [1.54, 1.807) is 29.0 Å². The first kappa shape index (κ1) is 25.1. The molecule has 5 aromatic rings. The van der Waals surface area contributed by atoms with Crippen LogP contribution >= 0.6 is 34.7 Å². The maximum atomic E-state index is 13.3. The van der Waals surface area contributed by atoms with E-state index in [1.807, 2.05) is 38.1 Å². The molecule has 1 aromatic carbocycles. The summed E-state index contributed by atoms with van der Waals surface area (Å²) in [4.78, 5) is 31.2. The second-order valence-corrected chi connectivity index (χ2v) is 11.3. The minimum Gasteiger partial charge on any atom is -0.310 e. The summed E-state index contributed by atoms with van der Waals surface area (Å²) >= 11 is 8.92. The molecule has 0 spiro atoms. The Morgan fingerprint density at radius 1 is 1.19 bits per heavy atom. The van der Waals surface area contributed by atoms with Gasteiger partial charge in [-0.25, -0.2) is 4.98 Å². The zero-order valence-corrected chi connectivity index (χ0v) is 22.3. The van der Waals surface area contributed by atoms with Crippen molar-refractivity contribution < 1.29 is 4.79 Å². The van der Waals surface area contributed by atoms with Crippen LogP contribution in [-0.2, 0) is 12.3 Å².